The molecule has 12 heteroatoms. The minimum absolute atomic E-state index is 0.00446. The zero-order valence-electron chi connectivity index (χ0n) is 20.6. The minimum atomic E-state index is -5.06. The van der Waals surface area contributed by atoms with Gasteiger partial charge in [0, 0.05) is 6.54 Å². The number of hydrogen-bond donors (Lipinski definition) is 1. The summed E-state index contributed by atoms with van der Waals surface area (Å²) in [5, 5.41) is 9.95. The normalized spacial score (nSPS) is 19.8. The van der Waals surface area contributed by atoms with Crippen molar-refractivity contribution < 1.29 is 45.3 Å². The summed E-state index contributed by atoms with van der Waals surface area (Å²) in [7, 11) is 3.70. The smallest absolute Gasteiger partial charge is 0.393 e. The first-order valence-corrected chi connectivity index (χ1v) is 11.6. The summed E-state index contributed by atoms with van der Waals surface area (Å²) in [6.07, 6.45) is -12.9. The van der Waals surface area contributed by atoms with Crippen molar-refractivity contribution in [2.45, 2.75) is 30.8 Å². The Hall–Kier alpha value is -2.69. The molecule has 1 fully saturated rings. The van der Waals surface area contributed by atoms with Gasteiger partial charge in [-0.1, -0.05) is 24.0 Å². The average Bonchev–Trinajstić information content (AvgIpc) is 2.84. The summed E-state index contributed by atoms with van der Waals surface area (Å²) in [5.41, 5.74) is -3.04. The van der Waals surface area contributed by atoms with Crippen molar-refractivity contribution in [3.63, 3.8) is 0 Å². The lowest BCUT2D eigenvalue weighted by atomic mass is 10.00. The van der Waals surface area contributed by atoms with E-state index in [4.69, 9.17) is 9.47 Å². The predicted octanol–water partition coefficient (Wildman–Crippen LogP) is 4.88. The lowest BCUT2D eigenvalue weighted by Crippen LogP contribution is -2.47. The Morgan fingerprint density at radius 2 is 1.63 bits per heavy atom. The Morgan fingerprint density at radius 1 is 1.03 bits per heavy atom. The molecular formula is C26H27F7N2O3. The van der Waals surface area contributed by atoms with Crippen molar-refractivity contribution in [3.05, 3.63) is 70.5 Å². The van der Waals surface area contributed by atoms with Crippen molar-refractivity contribution >= 4 is 0 Å². The summed E-state index contributed by atoms with van der Waals surface area (Å²) in [4.78, 5) is 3.72. The van der Waals surface area contributed by atoms with Crippen LogP contribution in [-0.4, -0.2) is 68.1 Å². The zero-order valence-corrected chi connectivity index (χ0v) is 20.6. The lowest BCUT2D eigenvalue weighted by molar-refractivity contribution is -0.235. The van der Waals surface area contributed by atoms with Gasteiger partial charge in [0.1, 0.15) is 11.9 Å². The molecule has 38 heavy (non-hydrogen) atoms. The van der Waals surface area contributed by atoms with Crippen LogP contribution in [0.25, 0.3) is 0 Å². The summed E-state index contributed by atoms with van der Waals surface area (Å²) < 4.78 is 105. The Kier molecular flexibility index (Phi) is 9.78. The fraction of sp³-hybridized carbons (Fsp3) is 0.462. The second kappa shape index (κ2) is 12.4. The molecule has 0 spiro atoms. The molecule has 208 valence electrons. The van der Waals surface area contributed by atoms with E-state index in [1.807, 2.05) is 23.9 Å². The first kappa shape index (κ1) is 29.9. The van der Waals surface area contributed by atoms with E-state index in [0.717, 1.165) is 0 Å². The van der Waals surface area contributed by atoms with E-state index < -0.39 is 59.9 Å². The molecule has 0 saturated carbocycles. The highest BCUT2D eigenvalue weighted by molar-refractivity contribution is 5.35. The van der Waals surface area contributed by atoms with E-state index in [9.17, 15) is 35.8 Å². The monoisotopic (exact) mass is 548 g/mol. The number of aliphatic hydroxyl groups excluding tert-OH is 1. The predicted molar refractivity (Wildman–Crippen MR) is 124 cm³/mol. The van der Waals surface area contributed by atoms with Gasteiger partial charge in [0.15, 0.2) is 6.29 Å². The first-order valence-electron chi connectivity index (χ1n) is 11.6. The van der Waals surface area contributed by atoms with Gasteiger partial charge in [-0.25, -0.2) is 4.39 Å². The second-order valence-electron chi connectivity index (χ2n) is 8.94. The summed E-state index contributed by atoms with van der Waals surface area (Å²) in [5.74, 6) is 5.50. The molecule has 2 aromatic rings. The Labute approximate surface area is 215 Å². The van der Waals surface area contributed by atoms with Gasteiger partial charge in [-0.15, -0.1) is 0 Å². The average molecular weight is 548 g/mol. The zero-order chi connectivity index (χ0) is 28.1. The molecule has 3 atom stereocenters. The highest BCUT2D eigenvalue weighted by Gasteiger charge is 2.39. The van der Waals surface area contributed by atoms with Crippen LogP contribution in [0.5, 0.6) is 0 Å². The van der Waals surface area contributed by atoms with Crippen LogP contribution in [0.2, 0.25) is 0 Å². The summed E-state index contributed by atoms with van der Waals surface area (Å²) in [6.45, 7) is 0.313. The quantitative estimate of drug-likeness (QED) is 0.395. The topological polar surface area (TPSA) is 45.2 Å². The fourth-order valence-electron chi connectivity index (χ4n) is 3.93. The van der Waals surface area contributed by atoms with Crippen molar-refractivity contribution in [1.82, 2.24) is 9.80 Å². The number of halogens is 7. The number of alkyl halides is 6. The third-order valence-corrected chi connectivity index (χ3v) is 5.77. The van der Waals surface area contributed by atoms with Crippen LogP contribution in [0.15, 0.2) is 42.5 Å². The van der Waals surface area contributed by atoms with Gasteiger partial charge in [-0.3, -0.25) is 9.80 Å². The van der Waals surface area contributed by atoms with Crippen LogP contribution in [-0.2, 0) is 21.8 Å². The Morgan fingerprint density at radius 3 is 2.16 bits per heavy atom. The number of rotatable bonds is 7. The standard InChI is InChI=1S/C26H27F7N2O3/c1-34(2)9-3-4-10-35-11-12-37-24(23(35)17-5-7-21(27)8-6-17)38-22(16-36)18-13-19(25(28,29)30)15-20(14-18)26(31,32)33/h5-8,13-15,22-24,36H,9-12,16H2,1-2H3. The van der Waals surface area contributed by atoms with Crippen molar-refractivity contribution in [2.75, 3.05) is 46.9 Å². The molecule has 3 unspecified atom stereocenters. The van der Waals surface area contributed by atoms with E-state index >= 15 is 0 Å². The molecule has 0 radical (unpaired) electrons. The van der Waals surface area contributed by atoms with Crippen LogP contribution >= 0.6 is 0 Å². The fourth-order valence-corrected chi connectivity index (χ4v) is 3.93. The Bertz CT molecular complexity index is 1090. The second-order valence-corrected chi connectivity index (χ2v) is 8.94. The molecule has 0 amide bonds. The number of aliphatic hydroxyl groups is 1. The maximum atomic E-state index is 13.6. The number of benzene rings is 2. The maximum absolute atomic E-state index is 13.6. The molecule has 1 N–H and O–H groups in total. The molecule has 1 aliphatic rings. The van der Waals surface area contributed by atoms with E-state index in [-0.39, 0.29) is 19.2 Å². The van der Waals surface area contributed by atoms with Gasteiger partial charge in [-0.2, -0.15) is 26.3 Å². The van der Waals surface area contributed by atoms with Gasteiger partial charge >= 0.3 is 12.4 Å². The molecule has 1 heterocycles. The maximum Gasteiger partial charge on any atom is 0.416 e. The molecular weight excluding hydrogens is 521 g/mol. The minimum Gasteiger partial charge on any atom is -0.393 e. The number of ether oxygens (including phenoxy) is 2. The van der Waals surface area contributed by atoms with E-state index in [2.05, 4.69) is 11.8 Å². The van der Waals surface area contributed by atoms with Gasteiger partial charge < -0.3 is 14.6 Å². The number of hydrogen-bond acceptors (Lipinski definition) is 5. The molecule has 0 bridgehead atoms. The SMILES string of the molecule is CN(C)CC#CCN1CCOC(OC(CO)c2cc(C(F)(F)F)cc(C(F)(F)F)c2)C1c1ccc(F)cc1. The number of morpholine rings is 1. The van der Waals surface area contributed by atoms with Crippen LogP contribution < -0.4 is 0 Å². The number of nitrogens with zero attached hydrogens (tertiary/aromatic N) is 2. The first-order chi connectivity index (χ1) is 17.8. The molecule has 0 aromatic heterocycles. The molecule has 1 saturated heterocycles. The third-order valence-electron chi connectivity index (χ3n) is 5.77. The molecule has 5 nitrogen and oxygen atoms in total. The van der Waals surface area contributed by atoms with Crippen molar-refractivity contribution in [3.8, 4) is 11.8 Å². The van der Waals surface area contributed by atoms with Crippen LogP contribution in [0.1, 0.15) is 34.4 Å². The molecule has 1 aliphatic heterocycles. The van der Waals surface area contributed by atoms with Crippen LogP contribution in [0.3, 0.4) is 0 Å². The van der Waals surface area contributed by atoms with E-state index in [1.54, 1.807) is 0 Å². The van der Waals surface area contributed by atoms with Crippen LogP contribution in [0, 0.1) is 17.7 Å². The van der Waals surface area contributed by atoms with Gasteiger partial charge in [-0.05, 0) is 55.6 Å². The van der Waals surface area contributed by atoms with Gasteiger partial charge in [0.05, 0.1) is 43.5 Å². The summed E-state index contributed by atoms with van der Waals surface area (Å²) >= 11 is 0. The van der Waals surface area contributed by atoms with Crippen molar-refractivity contribution in [1.29, 1.82) is 0 Å². The van der Waals surface area contributed by atoms with Crippen molar-refractivity contribution in [2.24, 2.45) is 0 Å². The largest absolute Gasteiger partial charge is 0.416 e. The Balaban J connectivity index is 1.97. The van der Waals surface area contributed by atoms with E-state index in [0.29, 0.717) is 30.8 Å². The molecule has 2 aromatic carbocycles. The van der Waals surface area contributed by atoms with E-state index in [1.165, 1.54) is 24.3 Å². The third kappa shape index (κ3) is 7.91. The molecule has 0 aliphatic carbocycles. The lowest BCUT2D eigenvalue weighted by Gasteiger charge is -2.41. The van der Waals surface area contributed by atoms with Gasteiger partial charge in [0.25, 0.3) is 0 Å². The highest BCUT2D eigenvalue weighted by Crippen LogP contribution is 2.39. The highest BCUT2D eigenvalue weighted by atomic mass is 19.4. The van der Waals surface area contributed by atoms with Gasteiger partial charge in [0.2, 0.25) is 0 Å². The molecule has 3 rings (SSSR count). The van der Waals surface area contributed by atoms with Crippen LogP contribution in [0.4, 0.5) is 30.7 Å². The summed E-state index contributed by atoms with van der Waals surface area (Å²) in [6, 6.07) is 5.67.